The maximum atomic E-state index is 13.3. The second kappa shape index (κ2) is 8.65. The highest BCUT2D eigenvalue weighted by Gasteiger charge is 2.39. The van der Waals surface area contributed by atoms with Gasteiger partial charge in [0.15, 0.2) is 0 Å². The standard InChI is InChI=1S/C20H21F3N4O4S/c1-13-16(5-6-25-7-9-26(10-8-25)32(2,30)31)19(29)27(18(13)28)15-4-3-14(12-24)17(11-15)20(21,22)23/h3-4,11H,5-10H2,1-2H3. The quantitative estimate of drug-likeness (QED) is 0.608. The summed E-state index contributed by atoms with van der Waals surface area (Å²) >= 11 is 0. The van der Waals surface area contributed by atoms with E-state index >= 15 is 0 Å². The SMILES string of the molecule is CC1=C(CCN2CCN(S(C)(=O)=O)CC2)C(=O)N(c2ccc(C#N)c(C(F)(F)F)c2)C1=O. The van der Waals surface area contributed by atoms with Crippen LogP contribution in [0.2, 0.25) is 0 Å². The van der Waals surface area contributed by atoms with Crippen LogP contribution in [0.1, 0.15) is 24.5 Å². The van der Waals surface area contributed by atoms with Crippen LogP contribution in [0.15, 0.2) is 29.3 Å². The molecule has 2 aliphatic heterocycles. The second-order valence-corrected chi connectivity index (χ2v) is 9.62. The molecule has 0 radical (unpaired) electrons. The molecule has 0 saturated carbocycles. The van der Waals surface area contributed by atoms with Crippen molar-refractivity contribution in [3.63, 3.8) is 0 Å². The Morgan fingerprint density at radius 2 is 1.72 bits per heavy atom. The number of alkyl halides is 3. The molecule has 1 aromatic carbocycles. The number of sulfonamides is 1. The van der Waals surface area contributed by atoms with E-state index in [1.54, 1.807) is 0 Å². The molecule has 172 valence electrons. The molecule has 12 heteroatoms. The fourth-order valence-electron chi connectivity index (χ4n) is 3.77. The number of carbonyl (C=O) groups is 2. The van der Waals surface area contributed by atoms with Crippen LogP contribution >= 0.6 is 0 Å². The van der Waals surface area contributed by atoms with Gasteiger partial charge in [-0.1, -0.05) is 0 Å². The molecule has 0 bridgehead atoms. The van der Waals surface area contributed by atoms with Crippen molar-refractivity contribution in [1.82, 2.24) is 9.21 Å². The third kappa shape index (κ3) is 4.69. The van der Waals surface area contributed by atoms with Gasteiger partial charge in [-0.05, 0) is 31.5 Å². The third-order valence-corrected chi connectivity index (χ3v) is 6.91. The predicted octanol–water partition coefficient (Wildman–Crippen LogP) is 1.73. The van der Waals surface area contributed by atoms with Crippen molar-refractivity contribution >= 4 is 27.5 Å². The zero-order valence-corrected chi connectivity index (χ0v) is 18.3. The molecule has 0 aromatic heterocycles. The van der Waals surface area contributed by atoms with Gasteiger partial charge in [-0.25, -0.2) is 13.3 Å². The topological polar surface area (TPSA) is 102 Å². The van der Waals surface area contributed by atoms with Crippen LogP contribution in [0.5, 0.6) is 0 Å². The van der Waals surface area contributed by atoms with E-state index in [-0.39, 0.29) is 23.3 Å². The highest BCUT2D eigenvalue weighted by Crippen LogP contribution is 2.36. The molecule has 0 aliphatic carbocycles. The van der Waals surface area contributed by atoms with Crippen molar-refractivity contribution in [2.24, 2.45) is 0 Å². The van der Waals surface area contributed by atoms with E-state index in [1.807, 2.05) is 4.90 Å². The van der Waals surface area contributed by atoms with Gasteiger partial charge in [-0.15, -0.1) is 0 Å². The lowest BCUT2D eigenvalue weighted by Gasteiger charge is -2.33. The van der Waals surface area contributed by atoms with Crippen LogP contribution in [0.25, 0.3) is 0 Å². The van der Waals surface area contributed by atoms with Gasteiger partial charge in [0, 0.05) is 43.9 Å². The summed E-state index contributed by atoms with van der Waals surface area (Å²) < 4.78 is 64.4. The minimum Gasteiger partial charge on any atom is -0.300 e. The molecule has 0 unspecified atom stereocenters. The smallest absolute Gasteiger partial charge is 0.300 e. The van der Waals surface area contributed by atoms with Gasteiger partial charge >= 0.3 is 6.18 Å². The van der Waals surface area contributed by atoms with Crippen LogP contribution in [0.3, 0.4) is 0 Å². The van der Waals surface area contributed by atoms with Crippen molar-refractivity contribution < 1.29 is 31.2 Å². The van der Waals surface area contributed by atoms with Crippen LogP contribution < -0.4 is 4.90 Å². The van der Waals surface area contributed by atoms with E-state index in [4.69, 9.17) is 5.26 Å². The number of halogens is 3. The van der Waals surface area contributed by atoms with Crippen molar-refractivity contribution in [1.29, 1.82) is 5.26 Å². The first-order valence-electron chi connectivity index (χ1n) is 9.72. The van der Waals surface area contributed by atoms with Gasteiger partial charge in [0.25, 0.3) is 11.8 Å². The summed E-state index contributed by atoms with van der Waals surface area (Å²) in [5, 5.41) is 8.93. The summed E-state index contributed by atoms with van der Waals surface area (Å²) in [6.45, 7) is 3.43. The summed E-state index contributed by atoms with van der Waals surface area (Å²) in [7, 11) is -3.27. The molecule has 1 aromatic rings. The molecule has 3 rings (SSSR count). The summed E-state index contributed by atoms with van der Waals surface area (Å²) in [5.41, 5.74) is -1.70. The first kappa shape index (κ1) is 23.9. The van der Waals surface area contributed by atoms with Gasteiger partial charge in [-0.2, -0.15) is 22.7 Å². The highest BCUT2D eigenvalue weighted by atomic mass is 32.2. The van der Waals surface area contributed by atoms with Crippen molar-refractivity contribution in [3.05, 3.63) is 40.5 Å². The normalized spacial score (nSPS) is 19.1. The lowest BCUT2D eigenvalue weighted by atomic mass is 10.1. The Labute approximate surface area is 183 Å². The molecular formula is C20H21F3N4O4S. The number of carbonyl (C=O) groups excluding carboxylic acids is 2. The Morgan fingerprint density at radius 3 is 2.25 bits per heavy atom. The molecule has 2 amide bonds. The molecule has 1 fully saturated rings. The zero-order chi connectivity index (χ0) is 23.8. The lowest BCUT2D eigenvalue weighted by Crippen LogP contribution is -2.48. The molecule has 32 heavy (non-hydrogen) atoms. The van der Waals surface area contributed by atoms with Gasteiger partial charge in [0.2, 0.25) is 10.0 Å². The van der Waals surface area contributed by atoms with Gasteiger partial charge in [-0.3, -0.25) is 9.59 Å². The maximum Gasteiger partial charge on any atom is 0.417 e. The molecule has 1 saturated heterocycles. The van der Waals surface area contributed by atoms with Gasteiger partial charge in [0.05, 0.1) is 29.1 Å². The number of amides is 2. The Morgan fingerprint density at radius 1 is 1.09 bits per heavy atom. The Hall–Kier alpha value is -2.75. The number of nitrogens with zero attached hydrogens (tertiary/aromatic N) is 4. The number of anilines is 1. The minimum absolute atomic E-state index is 0.155. The van der Waals surface area contributed by atoms with E-state index < -0.39 is 39.1 Å². The number of nitriles is 1. The molecule has 8 nitrogen and oxygen atoms in total. The highest BCUT2D eigenvalue weighted by molar-refractivity contribution is 7.88. The Kier molecular flexibility index (Phi) is 6.46. The Balaban J connectivity index is 1.74. The molecular weight excluding hydrogens is 449 g/mol. The average Bonchev–Trinajstić information content (AvgIpc) is 2.93. The summed E-state index contributed by atoms with van der Waals surface area (Å²) in [5.74, 6) is -1.40. The van der Waals surface area contributed by atoms with Crippen molar-refractivity contribution in [2.75, 3.05) is 43.9 Å². The number of hydrogen-bond donors (Lipinski definition) is 0. The molecule has 0 spiro atoms. The molecule has 0 N–H and O–H groups in total. The average molecular weight is 470 g/mol. The van der Waals surface area contributed by atoms with E-state index in [2.05, 4.69) is 0 Å². The van der Waals surface area contributed by atoms with Crippen molar-refractivity contribution in [3.8, 4) is 6.07 Å². The monoisotopic (exact) mass is 470 g/mol. The van der Waals surface area contributed by atoms with Gasteiger partial charge < -0.3 is 4.90 Å². The number of hydrogen-bond acceptors (Lipinski definition) is 6. The summed E-state index contributed by atoms with van der Waals surface area (Å²) in [6.07, 6.45) is -3.47. The van der Waals surface area contributed by atoms with Gasteiger partial charge in [0.1, 0.15) is 0 Å². The fourth-order valence-corrected chi connectivity index (χ4v) is 4.60. The molecule has 0 atom stereocenters. The maximum absolute atomic E-state index is 13.3. The fraction of sp³-hybridized carbons (Fsp3) is 0.450. The lowest BCUT2D eigenvalue weighted by molar-refractivity contribution is -0.138. The van der Waals surface area contributed by atoms with E-state index in [0.29, 0.717) is 43.7 Å². The van der Waals surface area contributed by atoms with Crippen LogP contribution in [0.4, 0.5) is 18.9 Å². The summed E-state index contributed by atoms with van der Waals surface area (Å²) in [4.78, 5) is 28.2. The first-order valence-corrected chi connectivity index (χ1v) is 11.6. The predicted molar refractivity (Wildman–Crippen MR) is 109 cm³/mol. The molecule has 2 aliphatic rings. The van der Waals surface area contributed by atoms with Crippen LogP contribution in [-0.2, 0) is 25.8 Å². The third-order valence-electron chi connectivity index (χ3n) is 5.60. The number of piperazine rings is 1. The number of rotatable bonds is 5. The van der Waals surface area contributed by atoms with Crippen LogP contribution in [0, 0.1) is 11.3 Å². The first-order chi connectivity index (χ1) is 14.8. The largest absolute Gasteiger partial charge is 0.417 e. The minimum atomic E-state index is -4.81. The second-order valence-electron chi connectivity index (χ2n) is 7.64. The van der Waals surface area contributed by atoms with E-state index in [0.717, 1.165) is 18.4 Å². The zero-order valence-electron chi connectivity index (χ0n) is 17.4. The number of benzene rings is 1. The van der Waals surface area contributed by atoms with E-state index in [1.165, 1.54) is 17.3 Å². The van der Waals surface area contributed by atoms with Crippen molar-refractivity contribution in [2.45, 2.75) is 19.5 Å². The molecule has 2 heterocycles. The Bertz CT molecular complexity index is 1130. The van der Waals surface area contributed by atoms with Crippen LogP contribution in [-0.4, -0.2) is 68.4 Å². The summed E-state index contributed by atoms with van der Waals surface area (Å²) in [6, 6.07) is 4.18. The van der Waals surface area contributed by atoms with E-state index in [9.17, 15) is 31.2 Å². The number of imide groups is 1.